The molecule has 0 bridgehead atoms. The van der Waals surface area contributed by atoms with Crippen molar-refractivity contribution in [3.8, 4) is 0 Å². The smallest absolute Gasteiger partial charge is 0.155 e. The van der Waals surface area contributed by atoms with Gasteiger partial charge in [0, 0.05) is 11.8 Å². The fourth-order valence-corrected chi connectivity index (χ4v) is 7.16. The summed E-state index contributed by atoms with van der Waals surface area (Å²) in [4.78, 5) is 11.9. The lowest BCUT2D eigenvalue weighted by atomic mass is 9.49. The molecule has 1 nitrogen and oxygen atoms in total. The summed E-state index contributed by atoms with van der Waals surface area (Å²) in [5.74, 6) is 2.00. The molecular weight excluding hydrogens is 292 g/mol. The van der Waals surface area contributed by atoms with E-state index in [0.717, 1.165) is 31.1 Å². The second-order valence-corrected chi connectivity index (χ2v) is 9.85. The van der Waals surface area contributed by atoms with Crippen molar-refractivity contribution in [2.75, 3.05) is 0 Å². The normalized spacial score (nSPS) is 47.4. The molecule has 0 aromatic carbocycles. The summed E-state index contributed by atoms with van der Waals surface area (Å²) in [6.45, 7) is 9.96. The molecule has 0 aromatic heterocycles. The average molecular weight is 327 g/mol. The minimum Gasteiger partial charge on any atom is -0.295 e. The molecule has 1 heteroatoms. The van der Waals surface area contributed by atoms with E-state index in [1.54, 1.807) is 5.57 Å². The summed E-state index contributed by atoms with van der Waals surface area (Å²) < 4.78 is 0. The van der Waals surface area contributed by atoms with Crippen LogP contribution in [-0.4, -0.2) is 5.78 Å². The fraction of sp³-hybridized carbons (Fsp3) is 0.783. The van der Waals surface area contributed by atoms with E-state index in [1.165, 1.54) is 44.1 Å². The van der Waals surface area contributed by atoms with Gasteiger partial charge < -0.3 is 0 Å². The Bertz CT molecular complexity index is 626. The van der Waals surface area contributed by atoms with Crippen LogP contribution in [0.2, 0.25) is 0 Å². The highest BCUT2D eigenvalue weighted by atomic mass is 16.1. The molecule has 2 fully saturated rings. The Morgan fingerprint density at radius 2 is 1.92 bits per heavy atom. The summed E-state index contributed by atoms with van der Waals surface area (Å²) in [5.41, 5.74) is 4.37. The van der Waals surface area contributed by atoms with Crippen molar-refractivity contribution in [2.45, 2.75) is 85.5 Å². The number of hydrogen-bond acceptors (Lipinski definition) is 1. The second kappa shape index (κ2) is 5.32. The van der Waals surface area contributed by atoms with Crippen LogP contribution in [0, 0.1) is 28.1 Å². The standard InChI is InChI=1S/C23H34O/c1-5-11-21(2)12-9-20-18-7-6-16-15-17(24)8-13-22(16,3)19(18)10-14-23(20,21)4/h10,15,18,20H,5-9,11-14H2,1-4H3/t18?,20-,21?,22-,23-/m0/s1. The van der Waals surface area contributed by atoms with Crippen molar-refractivity contribution >= 4 is 5.78 Å². The Kier molecular flexibility index (Phi) is 3.68. The van der Waals surface area contributed by atoms with Crippen LogP contribution in [-0.2, 0) is 4.79 Å². The highest BCUT2D eigenvalue weighted by Gasteiger charge is 2.59. The van der Waals surface area contributed by atoms with E-state index in [2.05, 4.69) is 33.8 Å². The Hall–Kier alpha value is -0.850. The molecule has 0 amide bonds. The van der Waals surface area contributed by atoms with Crippen molar-refractivity contribution in [1.29, 1.82) is 0 Å². The predicted molar refractivity (Wildman–Crippen MR) is 99.7 cm³/mol. The number of carbonyl (C=O) groups is 1. The first-order chi connectivity index (χ1) is 11.3. The topological polar surface area (TPSA) is 17.1 Å². The third-order valence-corrected chi connectivity index (χ3v) is 8.91. The molecule has 132 valence electrons. The Morgan fingerprint density at radius 3 is 2.67 bits per heavy atom. The maximum Gasteiger partial charge on any atom is 0.155 e. The molecule has 4 rings (SSSR count). The molecule has 2 saturated carbocycles. The summed E-state index contributed by atoms with van der Waals surface area (Å²) in [6, 6.07) is 0. The van der Waals surface area contributed by atoms with Gasteiger partial charge >= 0.3 is 0 Å². The van der Waals surface area contributed by atoms with Gasteiger partial charge in [0.2, 0.25) is 0 Å². The summed E-state index contributed by atoms with van der Waals surface area (Å²) in [7, 11) is 0. The minimum absolute atomic E-state index is 0.196. The zero-order valence-electron chi connectivity index (χ0n) is 16.1. The number of allylic oxidation sites excluding steroid dienone is 4. The van der Waals surface area contributed by atoms with Gasteiger partial charge in [-0.1, -0.05) is 51.3 Å². The molecule has 0 aliphatic heterocycles. The number of rotatable bonds is 2. The van der Waals surface area contributed by atoms with Gasteiger partial charge in [0.15, 0.2) is 5.78 Å². The lowest BCUT2D eigenvalue weighted by Gasteiger charge is -2.55. The quantitative estimate of drug-likeness (QED) is 0.548. The van der Waals surface area contributed by atoms with Crippen LogP contribution in [0.25, 0.3) is 0 Å². The zero-order valence-corrected chi connectivity index (χ0v) is 16.1. The first-order valence-electron chi connectivity index (χ1n) is 10.3. The lowest BCUT2D eigenvalue weighted by molar-refractivity contribution is -0.115. The molecule has 0 radical (unpaired) electrons. The number of ketones is 1. The van der Waals surface area contributed by atoms with E-state index in [4.69, 9.17) is 0 Å². The van der Waals surface area contributed by atoms with Gasteiger partial charge in [-0.05, 0) is 73.7 Å². The van der Waals surface area contributed by atoms with Crippen LogP contribution in [0.4, 0.5) is 0 Å². The van der Waals surface area contributed by atoms with Gasteiger partial charge in [0.05, 0.1) is 0 Å². The molecule has 2 unspecified atom stereocenters. The third kappa shape index (κ3) is 2.02. The van der Waals surface area contributed by atoms with Crippen LogP contribution in [0.5, 0.6) is 0 Å². The maximum absolute atomic E-state index is 11.9. The minimum atomic E-state index is 0.196. The van der Waals surface area contributed by atoms with Crippen molar-refractivity contribution in [3.05, 3.63) is 23.3 Å². The zero-order chi connectivity index (χ0) is 17.2. The maximum atomic E-state index is 11.9. The highest BCUT2D eigenvalue weighted by molar-refractivity contribution is 5.92. The molecule has 0 spiro atoms. The van der Waals surface area contributed by atoms with Crippen molar-refractivity contribution in [1.82, 2.24) is 0 Å². The van der Waals surface area contributed by atoms with Crippen LogP contribution < -0.4 is 0 Å². The molecule has 0 N–H and O–H groups in total. The van der Waals surface area contributed by atoms with E-state index < -0.39 is 0 Å². The largest absolute Gasteiger partial charge is 0.295 e. The van der Waals surface area contributed by atoms with Crippen LogP contribution in [0.15, 0.2) is 23.3 Å². The number of hydrogen-bond donors (Lipinski definition) is 0. The first-order valence-corrected chi connectivity index (χ1v) is 10.3. The van der Waals surface area contributed by atoms with E-state index in [-0.39, 0.29) is 5.41 Å². The van der Waals surface area contributed by atoms with Gasteiger partial charge in [-0.25, -0.2) is 0 Å². The second-order valence-electron chi connectivity index (χ2n) is 9.85. The molecular formula is C23H34O. The third-order valence-electron chi connectivity index (χ3n) is 8.91. The van der Waals surface area contributed by atoms with Gasteiger partial charge in [-0.3, -0.25) is 4.79 Å². The van der Waals surface area contributed by atoms with Gasteiger partial charge in [0.25, 0.3) is 0 Å². The number of carbonyl (C=O) groups excluding carboxylic acids is 1. The fourth-order valence-electron chi connectivity index (χ4n) is 7.16. The molecule has 24 heavy (non-hydrogen) atoms. The molecule has 0 saturated heterocycles. The van der Waals surface area contributed by atoms with Crippen molar-refractivity contribution in [3.63, 3.8) is 0 Å². The van der Waals surface area contributed by atoms with E-state index in [9.17, 15) is 4.79 Å². The Labute approximate surface area is 148 Å². The van der Waals surface area contributed by atoms with Crippen molar-refractivity contribution < 1.29 is 4.79 Å². The lowest BCUT2D eigenvalue weighted by Crippen LogP contribution is -2.46. The SMILES string of the molecule is CCCC1(C)CC[C@H]2C3CCC4=CC(=O)CC[C@]4(C)C3=CC[C@@]21C. The Morgan fingerprint density at radius 1 is 1.12 bits per heavy atom. The van der Waals surface area contributed by atoms with E-state index in [0.29, 0.717) is 16.6 Å². The Balaban J connectivity index is 1.73. The average Bonchev–Trinajstić information content (AvgIpc) is 2.80. The van der Waals surface area contributed by atoms with E-state index in [1.807, 2.05) is 6.08 Å². The predicted octanol–water partition coefficient (Wildman–Crippen LogP) is 6.24. The molecule has 0 heterocycles. The molecule has 5 atom stereocenters. The summed E-state index contributed by atoms with van der Waals surface area (Å²) >= 11 is 0. The van der Waals surface area contributed by atoms with Crippen molar-refractivity contribution in [2.24, 2.45) is 28.1 Å². The van der Waals surface area contributed by atoms with Crippen LogP contribution >= 0.6 is 0 Å². The molecule has 4 aliphatic rings. The van der Waals surface area contributed by atoms with Gasteiger partial charge in [-0.15, -0.1) is 0 Å². The first kappa shape index (κ1) is 16.6. The summed E-state index contributed by atoms with van der Waals surface area (Å²) in [6.07, 6.45) is 15.7. The molecule has 4 aliphatic carbocycles. The summed E-state index contributed by atoms with van der Waals surface area (Å²) in [5, 5.41) is 0. The van der Waals surface area contributed by atoms with Gasteiger partial charge in [-0.2, -0.15) is 0 Å². The molecule has 0 aromatic rings. The van der Waals surface area contributed by atoms with E-state index >= 15 is 0 Å². The van der Waals surface area contributed by atoms with Crippen LogP contribution in [0.1, 0.15) is 85.5 Å². The number of fused-ring (bicyclic) bond motifs is 5. The highest BCUT2D eigenvalue weighted by Crippen LogP contribution is 2.68. The van der Waals surface area contributed by atoms with Crippen LogP contribution in [0.3, 0.4) is 0 Å². The monoisotopic (exact) mass is 326 g/mol. The van der Waals surface area contributed by atoms with Gasteiger partial charge in [0.1, 0.15) is 0 Å².